The van der Waals surface area contributed by atoms with Crippen LogP contribution in [0.1, 0.15) is 29.5 Å². The average Bonchev–Trinajstić information content (AvgIpc) is 2.98. The van der Waals surface area contributed by atoms with Crippen LogP contribution in [0, 0.1) is 19.8 Å². The molecule has 0 spiro atoms. The van der Waals surface area contributed by atoms with Crippen LogP contribution in [0.4, 0.5) is 5.69 Å². The van der Waals surface area contributed by atoms with Gasteiger partial charge in [0.2, 0.25) is 0 Å². The number of hydrogen-bond donors (Lipinski definition) is 1. The predicted octanol–water partition coefficient (Wildman–Crippen LogP) is 3.95. The molecule has 0 aliphatic carbocycles. The first-order chi connectivity index (χ1) is 14.4. The lowest BCUT2D eigenvalue weighted by Crippen LogP contribution is -2.40. The third kappa shape index (κ3) is 3.64. The molecule has 1 atom stereocenters. The Hall–Kier alpha value is -2.63. The van der Waals surface area contributed by atoms with Crippen LogP contribution in [0.5, 0.6) is 0 Å². The van der Waals surface area contributed by atoms with Crippen LogP contribution in [0.25, 0.3) is 5.57 Å². The molecule has 1 unspecified atom stereocenters. The summed E-state index contributed by atoms with van der Waals surface area (Å²) in [6.45, 7) is 5.27. The Labute approximate surface area is 181 Å². The maximum atomic E-state index is 13.6. The number of halogens is 1. The number of carbonyl (C=O) groups excluding carboxylic acids is 2. The molecule has 0 saturated carbocycles. The van der Waals surface area contributed by atoms with Gasteiger partial charge >= 0.3 is 0 Å². The van der Waals surface area contributed by atoms with Gasteiger partial charge in [-0.2, -0.15) is 0 Å². The van der Waals surface area contributed by atoms with Crippen LogP contribution in [-0.4, -0.2) is 41.5 Å². The molecule has 2 aliphatic rings. The summed E-state index contributed by atoms with van der Waals surface area (Å²) >= 11 is 6.14. The van der Waals surface area contributed by atoms with Gasteiger partial charge < -0.3 is 10.0 Å². The van der Waals surface area contributed by atoms with Crippen molar-refractivity contribution < 1.29 is 14.7 Å². The number of rotatable bonds is 4. The molecule has 2 aliphatic heterocycles. The molecular weight excluding hydrogens is 400 g/mol. The van der Waals surface area contributed by atoms with Gasteiger partial charge in [-0.25, -0.2) is 4.90 Å². The molecular formula is C24H25ClN2O3. The minimum Gasteiger partial charge on any atom is -0.396 e. The van der Waals surface area contributed by atoms with Gasteiger partial charge in [0.15, 0.2) is 0 Å². The highest BCUT2D eigenvalue weighted by molar-refractivity contribution is 6.45. The van der Waals surface area contributed by atoms with E-state index < -0.39 is 0 Å². The Morgan fingerprint density at radius 3 is 2.60 bits per heavy atom. The molecule has 0 radical (unpaired) electrons. The zero-order valence-corrected chi connectivity index (χ0v) is 17.9. The van der Waals surface area contributed by atoms with Crippen molar-refractivity contribution in [1.29, 1.82) is 0 Å². The zero-order valence-electron chi connectivity index (χ0n) is 17.2. The maximum Gasteiger partial charge on any atom is 0.282 e. The predicted molar refractivity (Wildman–Crippen MR) is 118 cm³/mol. The van der Waals surface area contributed by atoms with E-state index in [9.17, 15) is 14.7 Å². The van der Waals surface area contributed by atoms with Crippen LogP contribution in [-0.2, 0) is 9.59 Å². The van der Waals surface area contributed by atoms with Crippen molar-refractivity contribution in [3.63, 3.8) is 0 Å². The first-order valence-electron chi connectivity index (χ1n) is 10.2. The van der Waals surface area contributed by atoms with Crippen LogP contribution < -0.4 is 4.90 Å². The number of imide groups is 1. The summed E-state index contributed by atoms with van der Waals surface area (Å²) < 4.78 is 0. The number of aliphatic hydroxyl groups excluding tert-OH is 1. The second-order valence-corrected chi connectivity index (χ2v) is 8.54. The highest BCUT2D eigenvalue weighted by Crippen LogP contribution is 2.38. The maximum absolute atomic E-state index is 13.6. The van der Waals surface area contributed by atoms with Gasteiger partial charge in [-0.15, -0.1) is 0 Å². The van der Waals surface area contributed by atoms with Gasteiger partial charge in [-0.1, -0.05) is 41.4 Å². The third-order valence-electron chi connectivity index (χ3n) is 5.87. The van der Waals surface area contributed by atoms with E-state index in [1.165, 1.54) is 4.90 Å². The first kappa shape index (κ1) is 20.6. The monoisotopic (exact) mass is 424 g/mol. The smallest absolute Gasteiger partial charge is 0.282 e. The second kappa shape index (κ2) is 8.25. The van der Waals surface area contributed by atoms with E-state index in [0.717, 1.165) is 29.5 Å². The number of piperidine rings is 1. The van der Waals surface area contributed by atoms with E-state index in [4.69, 9.17) is 11.6 Å². The molecule has 30 heavy (non-hydrogen) atoms. The topological polar surface area (TPSA) is 60.9 Å². The highest BCUT2D eigenvalue weighted by atomic mass is 35.5. The SMILES string of the molecule is Cc1ccc(C2=C(N3CCCC(CO)C3)C(=O)N(c3cccc(Cl)c3)C2=O)c(C)c1. The molecule has 2 aromatic carbocycles. The van der Waals surface area contributed by atoms with E-state index in [1.807, 2.05) is 36.9 Å². The molecule has 156 valence electrons. The van der Waals surface area contributed by atoms with Gasteiger partial charge in [-0.3, -0.25) is 9.59 Å². The van der Waals surface area contributed by atoms with E-state index in [-0.39, 0.29) is 24.3 Å². The fraction of sp³-hybridized carbons (Fsp3) is 0.333. The molecule has 2 aromatic rings. The van der Waals surface area contributed by atoms with Gasteiger partial charge in [0.05, 0.1) is 11.3 Å². The van der Waals surface area contributed by atoms with Crippen molar-refractivity contribution >= 4 is 34.7 Å². The number of aryl methyl sites for hydroxylation is 2. The molecule has 1 fully saturated rings. The van der Waals surface area contributed by atoms with Gasteiger partial charge in [0.1, 0.15) is 5.70 Å². The number of aliphatic hydroxyl groups is 1. The van der Waals surface area contributed by atoms with Crippen LogP contribution >= 0.6 is 11.6 Å². The summed E-state index contributed by atoms with van der Waals surface area (Å²) in [6, 6.07) is 12.7. The largest absolute Gasteiger partial charge is 0.396 e. The lowest BCUT2D eigenvalue weighted by Gasteiger charge is -2.34. The van der Waals surface area contributed by atoms with Crippen LogP contribution in [0.3, 0.4) is 0 Å². The van der Waals surface area contributed by atoms with E-state index in [1.54, 1.807) is 24.3 Å². The molecule has 2 amide bonds. The number of nitrogens with zero attached hydrogens (tertiary/aromatic N) is 2. The van der Waals surface area contributed by atoms with E-state index >= 15 is 0 Å². The number of hydrogen-bond acceptors (Lipinski definition) is 4. The third-order valence-corrected chi connectivity index (χ3v) is 6.11. The first-order valence-corrected chi connectivity index (χ1v) is 10.6. The van der Waals surface area contributed by atoms with Crippen LogP contribution in [0.2, 0.25) is 5.02 Å². The van der Waals surface area contributed by atoms with E-state index in [2.05, 4.69) is 0 Å². The lowest BCUT2D eigenvalue weighted by molar-refractivity contribution is -0.120. The number of likely N-dealkylation sites (tertiary alicyclic amines) is 1. The quantitative estimate of drug-likeness (QED) is 0.755. The minimum absolute atomic E-state index is 0.0722. The number of benzene rings is 2. The fourth-order valence-corrected chi connectivity index (χ4v) is 4.60. The van der Waals surface area contributed by atoms with Crippen LogP contribution in [0.15, 0.2) is 48.2 Å². The van der Waals surface area contributed by atoms with Crippen molar-refractivity contribution in [2.45, 2.75) is 26.7 Å². The molecule has 0 aromatic heterocycles. The zero-order chi connectivity index (χ0) is 21.4. The van der Waals surface area contributed by atoms with E-state index in [0.29, 0.717) is 35.1 Å². The van der Waals surface area contributed by atoms with Gasteiger partial charge in [-0.05, 0) is 61.9 Å². The van der Waals surface area contributed by atoms with Crippen molar-refractivity contribution in [2.75, 3.05) is 24.6 Å². The normalized spacial score (nSPS) is 19.8. The molecule has 6 heteroatoms. The molecule has 2 heterocycles. The average molecular weight is 425 g/mol. The fourth-order valence-electron chi connectivity index (χ4n) is 4.42. The highest BCUT2D eigenvalue weighted by Gasteiger charge is 2.43. The van der Waals surface area contributed by atoms with Crippen molar-refractivity contribution in [3.05, 3.63) is 69.9 Å². The van der Waals surface area contributed by atoms with Crippen molar-refractivity contribution in [3.8, 4) is 0 Å². The summed E-state index contributed by atoms with van der Waals surface area (Å²) in [5.74, 6) is -0.582. The standard InChI is InChI=1S/C24H25ClN2O3/c1-15-8-9-20(16(2)11-15)21-22(26-10-4-5-17(13-26)14-28)24(30)27(23(21)29)19-7-3-6-18(25)12-19/h3,6-9,11-12,17,28H,4-5,10,13-14H2,1-2H3. The number of amides is 2. The summed E-state index contributed by atoms with van der Waals surface area (Å²) in [5, 5.41) is 10.1. The van der Waals surface area contributed by atoms with Crippen molar-refractivity contribution in [1.82, 2.24) is 4.90 Å². The van der Waals surface area contributed by atoms with Crippen molar-refractivity contribution in [2.24, 2.45) is 5.92 Å². The van der Waals surface area contributed by atoms with Gasteiger partial charge in [0.25, 0.3) is 11.8 Å². The molecule has 0 bridgehead atoms. The Kier molecular flexibility index (Phi) is 5.67. The molecule has 4 rings (SSSR count). The molecule has 1 N–H and O–H groups in total. The number of anilines is 1. The molecule has 1 saturated heterocycles. The summed E-state index contributed by atoms with van der Waals surface area (Å²) in [7, 11) is 0. The number of carbonyl (C=O) groups is 2. The Balaban J connectivity index is 1.85. The summed E-state index contributed by atoms with van der Waals surface area (Å²) in [4.78, 5) is 30.4. The molecule has 5 nitrogen and oxygen atoms in total. The Morgan fingerprint density at radius 1 is 1.10 bits per heavy atom. The van der Waals surface area contributed by atoms with Gasteiger partial charge in [0, 0.05) is 24.7 Å². The lowest BCUT2D eigenvalue weighted by atomic mass is 9.95. The minimum atomic E-state index is -0.338. The Morgan fingerprint density at radius 2 is 1.90 bits per heavy atom. The second-order valence-electron chi connectivity index (χ2n) is 8.10. The Bertz CT molecular complexity index is 1050. The summed E-state index contributed by atoms with van der Waals surface area (Å²) in [5.41, 5.74) is 4.13. The summed E-state index contributed by atoms with van der Waals surface area (Å²) in [6.07, 6.45) is 1.78.